The molecule has 1 aliphatic rings. The van der Waals surface area contributed by atoms with Crippen molar-refractivity contribution in [3.05, 3.63) is 12.2 Å². The van der Waals surface area contributed by atoms with E-state index in [0.29, 0.717) is 6.61 Å². The minimum Gasteiger partial charge on any atom is -0.394 e. The molecule has 5 nitrogen and oxygen atoms in total. The Morgan fingerprint density at radius 1 is 0.774 bits per heavy atom. The molecule has 3 N–H and O–H groups in total. The maximum atomic E-state index is 10.0. The van der Waals surface area contributed by atoms with Crippen LogP contribution in [0, 0.1) is 0 Å². The summed E-state index contributed by atoms with van der Waals surface area (Å²) < 4.78 is 11.0. The molecule has 4 atom stereocenters. The molecule has 0 aliphatic carbocycles. The summed E-state index contributed by atoms with van der Waals surface area (Å²) in [5.41, 5.74) is 0. The van der Waals surface area contributed by atoms with E-state index in [0.717, 1.165) is 12.8 Å². The van der Waals surface area contributed by atoms with E-state index in [2.05, 4.69) is 19.1 Å². The van der Waals surface area contributed by atoms with E-state index in [1.54, 1.807) is 0 Å². The van der Waals surface area contributed by atoms with Gasteiger partial charge in [0.25, 0.3) is 0 Å². The quantitative estimate of drug-likeness (QED) is 0.176. The van der Waals surface area contributed by atoms with E-state index in [1.807, 2.05) is 0 Å². The Bertz CT molecular complexity index is 413. The molecule has 184 valence electrons. The lowest BCUT2D eigenvalue weighted by atomic mass is 10.0. The highest BCUT2D eigenvalue weighted by Gasteiger charge is 2.39. The van der Waals surface area contributed by atoms with Crippen molar-refractivity contribution in [2.75, 3.05) is 19.8 Å². The van der Waals surface area contributed by atoms with Crippen molar-refractivity contribution in [3.63, 3.8) is 0 Å². The van der Waals surface area contributed by atoms with E-state index in [4.69, 9.17) is 9.47 Å². The zero-order valence-corrected chi connectivity index (χ0v) is 20.1. The third kappa shape index (κ3) is 14.3. The third-order valence-corrected chi connectivity index (χ3v) is 6.24. The lowest BCUT2D eigenvalue weighted by Crippen LogP contribution is -2.55. The molecule has 0 saturated carbocycles. The number of unbranched alkanes of at least 4 members (excludes halogenated alkanes) is 14. The van der Waals surface area contributed by atoms with Crippen molar-refractivity contribution in [3.8, 4) is 0 Å². The zero-order valence-electron chi connectivity index (χ0n) is 20.1. The van der Waals surface area contributed by atoms with Crippen molar-refractivity contribution in [1.29, 1.82) is 0 Å². The number of ether oxygens (including phenoxy) is 2. The average Bonchev–Trinajstić information content (AvgIpc) is 2.78. The first-order chi connectivity index (χ1) is 15.2. The van der Waals surface area contributed by atoms with Gasteiger partial charge in [0.2, 0.25) is 0 Å². The van der Waals surface area contributed by atoms with Crippen LogP contribution in [0.4, 0.5) is 0 Å². The molecule has 1 aliphatic heterocycles. The van der Waals surface area contributed by atoms with E-state index >= 15 is 0 Å². The number of hydrogen-bond donors (Lipinski definition) is 3. The summed E-state index contributed by atoms with van der Waals surface area (Å²) >= 11 is 0. The SMILES string of the molecule is CCCCCCCCCCCCCCCC/C=C/CCO[C@H]1[C@H](O)[C@@H](O)CO[C@@H]1CO. The summed E-state index contributed by atoms with van der Waals surface area (Å²) in [6, 6.07) is 0. The molecule has 0 spiro atoms. The number of aliphatic hydroxyl groups is 3. The van der Waals surface area contributed by atoms with Crippen molar-refractivity contribution >= 4 is 0 Å². The molecule has 1 saturated heterocycles. The molecule has 0 amide bonds. The van der Waals surface area contributed by atoms with Gasteiger partial charge in [0.1, 0.15) is 24.4 Å². The van der Waals surface area contributed by atoms with Crippen molar-refractivity contribution in [1.82, 2.24) is 0 Å². The molecule has 31 heavy (non-hydrogen) atoms. The van der Waals surface area contributed by atoms with Gasteiger partial charge in [-0.15, -0.1) is 0 Å². The largest absolute Gasteiger partial charge is 0.394 e. The number of hydrogen-bond acceptors (Lipinski definition) is 5. The first kappa shape index (κ1) is 28.6. The Kier molecular flexibility index (Phi) is 18.6. The van der Waals surface area contributed by atoms with Crippen LogP contribution in [0.2, 0.25) is 0 Å². The molecule has 0 aromatic carbocycles. The predicted octanol–water partition coefficient (Wildman–Crippen LogP) is 5.30. The van der Waals surface area contributed by atoms with Gasteiger partial charge < -0.3 is 24.8 Å². The standard InChI is InChI=1S/C26H50O5/c1-2-3-4-5-6-7-8-9-10-11-12-13-14-15-16-17-18-19-20-30-26-24(21-27)31-22-23(28)25(26)29/h17-18,23-29H,2-16,19-22H2,1H3/b18-17+/t23-,24+,25+,26+/m0/s1. The van der Waals surface area contributed by atoms with Crippen molar-refractivity contribution in [2.45, 2.75) is 134 Å². The molecular formula is C26H50O5. The first-order valence-corrected chi connectivity index (χ1v) is 13.1. The van der Waals surface area contributed by atoms with E-state index in [9.17, 15) is 15.3 Å². The Hall–Kier alpha value is -0.460. The molecule has 1 fully saturated rings. The molecule has 0 aromatic heterocycles. The highest BCUT2D eigenvalue weighted by molar-refractivity contribution is 4.88. The number of allylic oxidation sites excluding steroid dienone is 1. The van der Waals surface area contributed by atoms with Gasteiger partial charge in [-0.3, -0.25) is 0 Å². The summed E-state index contributed by atoms with van der Waals surface area (Å²) in [4.78, 5) is 0. The third-order valence-electron chi connectivity index (χ3n) is 6.24. The fourth-order valence-electron chi connectivity index (χ4n) is 4.18. The van der Waals surface area contributed by atoms with Gasteiger partial charge in [-0.1, -0.05) is 103 Å². The molecule has 1 rings (SSSR count). The second-order valence-electron chi connectivity index (χ2n) is 9.09. The lowest BCUT2D eigenvalue weighted by Gasteiger charge is -2.37. The Balaban J connectivity index is 1.85. The van der Waals surface area contributed by atoms with Gasteiger partial charge in [0.15, 0.2) is 0 Å². The summed E-state index contributed by atoms with van der Waals surface area (Å²) in [6.45, 7) is 2.54. The molecule has 1 heterocycles. The molecular weight excluding hydrogens is 392 g/mol. The van der Waals surface area contributed by atoms with E-state index in [1.165, 1.54) is 89.9 Å². The minimum atomic E-state index is -1.01. The maximum Gasteiger partial charge on any atom is 0.114 e. The topological polar surface area (TPSA) is 79.2 Å². The van der Waals surface area contributed by atoms with Gasteiger partial charge in [0, 0.05) is 0 Å². The minimum absolute atomic E-state index is 0.0331. The van der Waals surface area contributed by atoms with Gasteiger partial charge in [-0.25, -0.2) is 0 Å². The van der Waals surface area contributed by atoms with Crippen molar-refractivity contribution in [2.24, 2.45) is 0 Å². The van der Waals surface area contributed by atoms with Gasteiger partial charge >= 0.3 is 0 Å². The van der Waals surface area contributed by atoms with Crippen LogP contribution >= 0.6 is 0 Å². The monoisotopic (exact) mass is 442 g/mol. The predicted molar refractivity (Wildman–Crippen MR) is 127 cm³/mol. The Labute approximate surface area is 191 Å². The molecule has 0 unspecified atom stereocenters. The first-order valence-electron chi connectivity index (χ1n) is 13.1. The fourth-order valence-corrected chi connectivity index (χ4v) is 4.18. The zero-order chi connectivity index (χ0) is 22.6. The summed E-state index contributed by atoms with van der Waals surface area (Å²) in [7, 11) is 0. The average molecular weight is 443 g/mol. The fraction of sp³-hybridized carbons (Fsp3) is 0.923. The van der Waals surface area contributed by atoms with Gasteiger partial charge in [-0.05, 0) is 19.3 Å². The Morgan fingerprint density at radius 3 is 1.84 bits per heavy atom. The summed E-state index contributed by atoms with van der Waals surface area (Å²) in [6.07, 6.45) is 22.3. The second-order valence-corrected chi connectivity index (χ2v) is 9.09. The summed E-state index contributed by atoms with van der Waals surface area (Å²) in [5.74, 6) is 0. The van der Waals surface area contributed by atoms with Crippen molar-refractivity contribution < 1.29 is 24.8 Å². The van der Waals surface area contributed by atoms with Gasteiger partial charge in [-0.2, -0.15) is 0 Å². The number of aliphatic hydroxyl groups excluding tert-OH is 3. The summed E-state index contributed by atoms with van der Waals surface area (Å²) in [5, 5.41) is 29.0. The molecule has 0 aromatic rings. The van der Waals surface area contributed by atoms with Crippen LogP contribution in [0.3, 0.4) is 0 Å². The normalized spacial score (nSPS) is 24.3. The highest BCUT2D eigenvalue weighted by atomic mass is 16.6. The maximum absolute atomic E-state index is 10.0. The van der Waals surface area contributed by atoms with E-state index < -0.39 is 24.4 Å². The van der Waals surface area contributed by atoms with Gasteiger partial charge in [0.05, 0.1) is 19.8 Å². The highest BCUT2D eigenvalue weighted by Crippen LogP contribution is 2.19. The number of rotatable bonds is 20. The van der Waals surface area contributed by atoms with Crippen LogP contribution in [0.15, 0.2) is 12.2 Å². The van der Waals surface area contributed by atoms with Crippen LogP contribution in [0.5, 0.6) is 0 Å². The molecule has 5 heteroatoms. The lowest BCUT2D eigenvalue weighted by molar-refractivity contribution is -0.211. The van der Waals surface area contributed by atoms with Crippen LogP contribution in [-0.2, 0) is 9.47 Å². The van der Waals surface area contributed by atoms with Crippen LogP contribution in [-0.4, -0.2) is 59.6 Å². The van der Waals surface area contributed by atoms with Crippen LogP contribution < -0.4 is 0 Å². The van der Waals surface area contributed by atoms with Crippen LogP contribution in [0.1, 0.15) is 110 Å². The molecule has 0 bridgehead atoms. The van der Waals surface area contributed by atoms with E-state index in [-0.39, 0.29) is 13.2 Å². The Morgan fingerprint density at radius 2 is 1.29 bits per heavy atom. The van der Waals surface area contributed by atoms with Crippen LogP contribution in [0.25, 0.3) is 0 Å². The second kappa shape index (κ2) is 20.2. The molecule has 0 radical (unpaired) electrons. The smallest absolute Gasteiger partial charge is 0.114 e.